The van der Waals surface area contributed by atoms with E-state index in [1.54, 1.807) is 0 Å². The minimum Gasteiger partial charge on any atom is -0.294 e. The van der Waals surface area contributed by atoms with E-state index in [0.717, 1.165) is 25.6 Å². The van der Waals surface area contributed by atoms with Gasteiger partial charge in [-0.05, 0) is 42.3 Å². The van der Waals surface area contributed by atoms with Crippen molar-refractivity contribution in [3.05, 3.63) is 68.1 Å². The van der Waals surface area contributed by atoms with Crippen molar-refractivity contribution in [3.63, 3.8) is 0 Å². The summed E-state index contributed by atoms with van der Waals surface area (Å²) in [5.74, 6) is 0.131. The van der Waals surface area contributed by atoms with Gasteiger partial charge in [0.05, 0.1) is 0 Å². The van der Waals surface area contributed by atoms with E-state index in [2.05, 4.69) is 31.9 Å². The lowest BCUT2D eigenvalue weighted by Gasteiger charge is -2.05. The number of hydrogen-bond acceptors (Lipinski definition) is 1. The van der Waals surface area contributed by atoms with E-state index in [0.29, 0.717) is 6.42 Å². The molecule has 3 heteroatoms. The van der Waals surface area contributed by atoms with Gasteiger partial charge in [0.2, 0.25) is 0 Å². The molecule has 0 spiro atoms. The molecule has 0 saturated carbocycles. The van der Waals surface area contributed by atoms with Crippen molar-refractivity contribution in [1.29, 1.82) is 0 Å². The van der Waals surface area contributed by atoms with Crippen LogP contribution in [-0.2, 0) is 6.42 Å². The van der Waals surface area contributed by atoms with Crippen molar-refractivity contribution in [1.82, 2.24) is 0 Å². The number of hydrogen-bond donors (Lipinski definition) is 0. The first kappa shape index (κ1) is 13.5. The highest BCUT2D eigenvalue weighted by Crippen LogP contribution is 2.20. The lowest BCUT2D eigenvalue weighted by atomic mass is 10.0. The largest absolute Gasteiger partial charge is 0.294 e. The van der Waals surface area contributed by atoms with Crippen molar-refractivity contribution in [2.24, 2.45) is 0 Å². The SMILES string of the molecule is Cc1cc(Br)cc(C(=O)Cc2ccccc2Br)c1. The topological polar surface area (TPSA) is 17.1 Å². The lowest BCUT2D eigenvalue weighted by Crippen LogP contribution is -2.04. The number of benzene rings is 2. The smallest absolute Gasteiger partial charge is 0.167 e. The van der Waals surface area contributed by atoms with Crippen LogP contribution in [0.3, 0.4) is 0 Å². The molecule has 18 heavy (non-hydrogen) atoms. The Morgan fingerprint density at radius 2 is 1.83 bits per heavy atom. The Morgan fingerprint density at radius 3 is 2.50 bits per heavy atom. The van der Waals surface area contributed by atoms with Crippen LogP contribution in [-0.4, -0.2) is 5.78 Å². The van der Waals surface area contributed by atoms with Gasteiger partial charge in [0, 0.05) is 20.9 Å². The Bertz CT molecular complexity index is 571. The fraction of sp³-hybridized carbons (Fsp3) is 0.133. The van der Waals surface area contributed by atoms with E-state index in [1.165, 1.54) is 0 Å². The second kappa shape index (κ2) is 5.81. The number of halogens is 2. The molecule has 0 N–H and O–H groups in total. The number of rotatable bonds is 3. The molecule has 1 nitrogen and oxygen atoms in total. The van der Waals surface area contributed by atoms with Crippen LogP contribution < -0.4 is 0 Å². The summed E-state index contributed by atoms with van der Waals surface area (Å²) in [5, 5.41) is 0. The summed E-state index contributed by atoms with van der Waals surface area (Å²) >= 11 is 6.88. The van der Waals surface area contributed by atoms with Crippen molar-refractivity contribution < 1.29 is 4.79 Å². The van der Waals surface area contributed by atoms with Gasteiger partial charge in [-0.3, -0.25) is 4.79 Å². The quantitative estimate of drug-likeness (QED) is 0.701. The van der Waals surface area contributed by atoms with Gasteiger partial charge >= 0.3 is 0 Å². The van der Waals surface area contributed by atoms with E-state index in [9.17, 15) is 4.79 Å². The lowest BCUT2D eigenvalue weighted by molar-refractivity contribution is 0.0992. The monoisotopic (exact) mass is 366 g/mol. The van der Waals surface area contributed by atoms with Crippen LogP contribution in [0.2, 0.25) is 0 Å². The molecule has 0 heterocycles. The zero-order valence-corrected chi connectivity index (χ0v) is 13.1. The van der Waals surface area contributed by atoms with Crippen molar-refractivity contribution in [2.45, 2.75) is 13.3 Å². The molecule has 0 aliphatic rings. The Hall–Kier alpha value is -0.930. The van der Waals surface area contributed by atoms with Crippen molar-refractivity contribution in [2.75, 3.05) is 0 Å². The summed E-state index contributed by atoms with van der Waals surface area (Å²) in [7, 11) is 0. The summed E-state index contributed by atoms with van der Waals surface area (Å²) in [6.07, 6.45) is 0.414. The zero-order valence-electron chi connectivity index (χ0n) is 9.91. The molecule has 0 unspecified atom stereocenters. The van der Waals surface area contributed by atoms with E-state index in [1.807, 2.05) is 49.4 Å². The third-order valence-corrected chi connectivity index (χ3v) is 3.90. The van der Waals surface area contributed by atoms with Gasteiger partial charge in [0.1, 0.15) is 0 Å². The van der Waals surface area contributed by atoms with Crippen LogP contribution in [0.1, 0.15) is 21.5 Å². The predicted octanol–water partition coefficient (Wildman–Crippen LogP) is 4.95. The molecule has 0 fully saturated rings. The van der Waals surface area contributed by atoms with Gasteiger partial charge < -0.3 is 0 Å². The van der Waals surface area contributed by atoms with Gasteiger partial charge in [0.15, 0.2) is 5.78 Å². The fourth-order valence-corrected chi connectivity index (χ4v) is 2.85. The molecule has 0 radical (unpaired) electrons. The standard InChI is InChI=1S/C15H12Br2O/c1-10-6-12(8-13(16)7-10)15(18)9-11-4-2-3-5-14(11)17/h2-8H,9H2,1H3. The predicted molar refractivity (Wildman–Crippen MR) is 81.1 cm³/mol. The molecule has 0 atom stereocenters. The van der Waals surface area contributed by atoms with E-state index in [-0.39, 0.29) is 5.78 Å². The fourth-order valence-electron chi connectivity index (χ4n) is 1.81. The molecule has 92 valence electrons. The second-order valence-electron chi connectivity index (χ2n) is 4.21. The first-order chi connectivity index (χ1) is 8.56. The summed E-state index contributed by atoms with van der Waals surface area (Å²) in [4.78, 5) is 12.2. The maximum absolute atomic E-state index is 12.2. The molecular weight excluding hydrogens is 356 g/mol. The summed E-state index contributed by atoms with van der Waals surface area (Å²) < 4.78 is 1.92. The number of carbonyl (C=O) groups excluding carboxylic acids is 1. The molecule has 0 bridgehead atoms. The molecule has 2 rings (SSSR count). The first-order valence-electron chi connectivity index (χ1n) is 5.60. The van der Waals surface area contributed by atoms with Gasteiger partial charge in [0.25, 0.3) is 0 Å². The van der Waals surface area contributed by atoms with Gasteiger partial charge in [-0.25, -0.2) is 0 Å². The summed E-state index contributed by atoms with van der Waals surface area (Å²) in [5.41, 5.74) is 2.85. The van der Waals surface area contributed by atoms with Gasteiger partial charge in [-0.15, -0.1) is 0 Å². The average molecular weight is 368 g/mol. The average Bonchev–Trinajstić information content (AvgIpc) is 2.31. The Morgan fingerprint density at radius 1 is 1.11 bits per heavy atom. The highest BCUT2D eigenvalue weighted by Gasteiger charge is 2.10. The Kier molecular flexibility index (Phi) is 4.36. The minimum atomic E-state index is 0.131. The van der Waals surface area contributed by atoms with Gasteiger partial charge in [-0.2, -0.15) is 0 Å². The second-order valence-corrected chi connectivity index (χ2v) is 5.98. The summed E-state index contributed by atoms with van der Waals surface area (Å²) in [6.45, 7) is 1.99. The van der Waals surface area contributed by atoms with E-state index in [4.69, 9.17) is 0 Å². The Balaban J connectivity index is 2.25. The van der Waals surface area contributed by atoms with Crippen LogP contribution in [0.25, 0.3) is 0 Å². The molecular formula is C15H12Br2O. The Labute approximate surface area is 123 Å². The van der Waals surface area contributed by atoms with Gasteiger partial charge in [-0.1, -0.05) is 50.1 Å². The molecule has 0 aliphatic heterocycles. The molecule has 2 aromatic carbocycles. The number of ketones is 1. The number of carbonyl (C=O) groups is 1. The van der Waals surface area contributed by atoms with E-state index >= 15 is 0 Å². The number of aryl methyl sites for hydroxylation is 1. The third kappa shape index (κ3) is 3.30. The van der Waals surface area contributed by atoms with Crippen LogP contribution in [0.4, 0.5) is 0 Å². The first-order valence-corrected chi connectivity index (χ1v) is 7.18. The normalized spacial score (nSPS) is 10.4. The molecule has 2 aromatic rings. The van der Waals surface area contributed by atoms with Crippen LogP contribution >= 0.6 is 31.9 Å². The highest BCUT2D eigenvalue weighted by molar-refractivity contribution is 9.10. The summed E-state index contributed by atoms with van der Waals surface area (Å²) in [6, 6.07) is 13.6. The number of Topliss-reactive ketones (excluding diaryl/α,β-unsaturated/α-hetero) is 1. The van der Waals surface area contributed by atoms with Crippen molar-refractivity contribution >= 4 is 37.6 Å². The maximum Gasteiger partial charge on any atom is 0.167 e. The minimum absolute atomic E-state index is 0.131. The van der Waals surface area contributed by atoms with Crippen LogP contribution in [0.15, 0.2) is 51.4 Å². The molecule has 0 aromatic heterocycles. The maximum atomic E-state index is 12.2. The van der Waals surface area contributed by atoms with Crippen LogP contribution in [0, 0.1) is 6.92 Å². The third-order valence-electron chi connectivity index (χ3n) is 2.67. The van der Waals surface area contributed by atoms with Crippen LogP contribution in [0.5, 0.6) is 0 Å². The van der Waals surface area contributed by atoms with Crippen molar-refractivity contribution in [3.8, 4) is 0 Å². The highest BCUT2D eigenvalue weighted by atomic mass is 79.9. The zero-order chi connectivity index (χ0) is 13.1. The molecule has 0 aliphatic carbocycles. The molecule has 0 amide bonds. The van der Waals surface area contributed by atoms with E-state index < -0.39 is 0 Å². The molecule has 0 saturated heterocycles.